The molecule has 1 heterocycles. The lowest BCUT2D eigenvalue weighted by atomic mass is 10.0. The molecule has 5 aromatic rings. The lowest BCUT2D eigenvalue weighted by molar-refractivity contribution is 0.674. The predicted molar refractivity (Wildman–Crippen MR) is 101 cm³/mol. The van der Waals surface area contributed by atoms with Crippen LogP contribution < -0.4 is 5.73 Å². The van der Waals surface area contributed by atoms with Gasteiger partial charge in [-0.3, -0.25) is 0 Å². The summed E-state index contributed by atoms with van der Waals surface area (Å²) in [5.41, 5.74) is 10.7. The lowest BCUT2D eigenvalue weighted by Gasteiger charge is -2.03. The van der Waals surface area contributed by atoms with E-state index in [1.54, 1.807) is 0 Å². The molecule has 0 bridgehead atoms. The first-order valence-electron chi connectivity index (χ1n) is 8.00. The van der Waals surface area contributed by atoms with Crippen molar-refractivity contribution in [2.24, 2.45) is 0 Å². The first-order chi connectivity index (χ1) is 11.8. The first-order valence-corrected chi connectivity index (χ1v) is 8.00. The molecule has 2 heteroatoms. The summed E-state index contributed by atoms with van der Waals surface area (Å²) in [6.07, 6.45) is 0. The number of nitrogens with two attached hydrogens (primary N) is 1. The number of fused-ring (bicyclic) bond motifs is 5. The largest absolute Gasteiger partial charge is 0.455 e. The summed E-state index contributed by atoms with van der Waals surface area (Å²) in [6, 6.07) is 26.9. The molecular weight excluding hydrogens is 294 g/mol. The monoisotopic (exact) mass is 309 g/mol. The Morgan fingerprint density at radius 1 is 0.583 bits per heavy atom. The Bertz CT molecular complexity index is 1200. The highest BCUT2D eigenvalue weighted by atomic mass is 16.3. The maximum Gasteiger partial charge on any atom is 0.143 e. The topological polar surface area (TPSA) is 39.2 Å². The normalized spacial score (nSPS) is 11.5. The molecule has 0 radical (unpaired) electrons. The summed E-state index contributed by atoms with van der Waals surface area (Å²) >= 11 is 0. The number of para-hydroxylation sites is 1. The molecule has 24 heavy (non-hydrogen) atoms. The molecule has 2 nitrogen and oxygen atoms in total. The van der Waals surface area contributed by atoms with Crippen LogP contribution in [0.2, 0.25) is 0 Å². The molecule has 0 spiro atoms. The highest BCUT2D eigenvalue weighted by Crippen LogP contribution is 2.38. The second kappa shape index (κ2) is 4.87. The number of benzene rings is 4. The summed E-state index contributed by atoms with van der Waals surface area (Å²) in [4.78, 5) is 0. The molecule has 0 saturated heterocycles. The van der Waals surface area contributed by atoms with Crippen molar-refractivity contribution in [3.63, 3.8) is 0 Å². The third-order valence-electron chi connectivity index (χ3n) is 4.61. The molecule has 0 atom stereocenters. The van der Waals surface area contributed by atoms with E-state index in [0.717, 1.165) is 44.1 Å². The fourth-order valence-electron chi connectivity index (χ4n) is 3.42. The Morgan fingerprint density at radius 2 is 1.33 bits per heavy atom. The number of hydrogen-bond acceptors (Lipinski definition) is 2. The van der Waals surface area contributed by atoms with Gasteiger partial charge in [-0.2, -0.15) is 0 Å². The second-order valence-electron chi connectivity index (χ2n) is 6.07. The molecular formula is C22H15NO. The van der Waals surface area contributed by atoms with E-state index in [1.807, 2.05) is 24.3 Å². The maximum absolute atomic E-state index is 6.35. The molecule has 2 N–H and O–H groups in total. The highest BCUT2D eigenvalue weighted by Gasteiger charge is 2.13. The van der Waals surface area contributed by atoms with Crippen LogP contribution in [-0.2, 0) is 0 Å². The quantitative estimate of drug-likeness (QED) is 0.386. The maximum atomic E-state index is 6.35. The predicted octanol–water partition coefficient (Wildman–Crippen LogP) is 5.99. The minimum Gasteiger partial charge on any atom is -0.455 e. The van der Waals surface area contributed by atoms with E-state index in [1.165, 1.54) is 5.39 Å². The van der Waals surface area contributed by atoms with Crippen LogP contribution in [0, 0.1) is 0 Å². The summed E-state index contributed by atoms with van der Waals surface area (Å²) in [5.74, 6) is 0. The Morgan fingerprint density at radius 3 is 2.21 bits per heavy atom. The molecule has 0 aliphatic carbocycles. The Balaban J connectivity index is 1.90. The van der Waals surface area contributed by atoms with Crippen molar-refractivity contribution >= 4 is 38.4 Å². The van der Waals surface area contributed by atoms with Gasteiger partial charge in [0.1, 0.15) is 11.2 Å². The Hall–Kier alpha value is -3.26. The summed E-state index contributed by atoms with van der Waals surface area (Å²) < 4.78 is 6.35. The zero-order chi connectivity index (χ0) is 16.1. The Kier molecular flexibility index (Phi) is 2.68. The minimum atomic E-state index is 0.765. The van der Waals surface area contributed by atoms with Crippen LogP contribution in [-0.4, -0.2) is 0 Å². The van der Waals surface area contributed by atoms with Gasteiger partial charge in [-0.05, 0) is 29.1 Å². The third kappa shape index (κ3) is 1.83. The van der Waals surface area contributed by atoms with Crippen LogP contribution in [0.4, 0.5) is 5.69 Å². The van der Waals surface area contributed by atoms with Crippen LogP contribution >= 0.6 is 0 Å². The molecule has 0 fully saturated rings. The first kappa shape index (κ1) is 13.2. The fourth-order valence-corrected chi connectivity index (χ4v) is 3.42. The van der Waals surface area contributed by atoms with E-state index in [9.17, 15) is 0 Å². The zero-order valence-corrected chi connectivity index (χ0v) is 13.0. The van der Waals surface area contributed by atoms with E-state index >= 15 is 0 Å². The van der Waals surface area contributed by atoms with Crippen molar-refractivity contribution in [2.75, 3.05) is 5.73 Å². The van der Waals surface area contributed by atoms with E-state index < -0.39 is 0 Å². The molecule has 4 aromatic carbocycles. The van der Waals surface area contributed by atoms with Gasteiger partial charge in [-0.25, -0.2) is 0 Å². The van der Waals surface area contributed by atoms with E-state index in [4.69, 9.17) is 10.2 Å². The average molecular weight is 309 g/mol. The van der Waals surface area contributed by atoms with E-state index in [2.05, 4.69) is 54.6 Å². The summed E-state index contributed by atoms with van der Waals surface area (Å²) in [6.45, 7) is 0. The van der Waals surface area contributed by atoms with Crippen molar-refractivity contribution < 1.29 is 4.42 Å². The molecule has 5 rings (SSSR count). The van der Waals surface area contributed by atoms with Gasteiger partial charge in [0.25, 0.3) is 0 Å². The van der Waals surface area contributed by atoms with Gasteiger partial charge in [-0.1, -0.05) is 60.7 Å². The average Bonchev–Trinajstić information content (AvgIpc) is 3.02. The standard InChI is InChI=1S/C22H15NO/c23-16-11-8-15(9-12-16)18-6-3-7-19-20-13-10-14-4-1-2-5-17(14)22(20)24-21(18)19/h1-13H,23H2. The smallest absolute Gasteiger partial charge is 0.143 e. The van der Waals surface area contributed by atoms with Gasteiger partial charge in [0.05, 0.1) is 0 Å². The number of furan rings is 1. The molecule has 0 amide bonds. The number of hydrogen-bond donors (Lipinski definition) is 1. The van der Waals surface area contributed by atoms with Gasteiger partial charge in [0.2, 0.25) is 0 Å². The molecule has 0 aliphatic heterocycles. The number of nitrogen functional groups attached to an aromatic ring is 1. The number of anilines is 1. The summed E-state index contributed by atoms with van der Waals surface area (Å²) in [7, 11) is 0. The van der Waals surface area contributed by atoms with Gasteiger partial charge in [0, 0.05) is 27.4 Å². The van der Waals surface area contributed by atoms with Crippen molar-refractivity contribution in [1.82, 2.24) is 0 Å². The lowest BCUT2D eigenvalue weighted by Crippen LogP contribution is -1.84. The number of rotatable bonds is 1. The van der Waals surface area contributed by atoms with E-state index in [-0.39, 0.29) is 0 Å². The molecule has 0 aliphatic rings. The molecule has 0 saturated carbocycles. The van der Waals surface area contributed by atoms with Crippen LogP contribution in [0.3, 0.4) is 0 Å². The van der Waals surface area contributed by atoms with Gasteiger partial charge in [0.15, 0.2) is 0 Å². The Labute approximate surface area is 139 Å². The molecule has 0 unspecified atom stereocenters. The van der Waals surface area contributed by atoms with Gasteiger partial charge < -0.3 is 10.2 Å². The van der Waals surface area contributed by atoms with Crippen LogP contribution in [0.25, 0.3) is 43.8 Å². The van der Waals surface area contributed by atoms with Crippen LogP contribution in [0.5, 0.6) is 0 Å². The van der Waals surface area contributed by atoms with Crippen LogP contribution in [0.1, 0.15) is 0 Å². The second-order valence-corrected chi connectivity index (χ2v) is 6.07. The van der Waals surface area contributed by atoms with Crippen molar-refractivity contribution in [2.45, 2.75) is 0 Å². The SMILES string of the molecule is Nc1ccc(-c2cccc3c2oc2c4ccccc4ccc32)cc1. The van der Waals surface area contributed by atoms with Crippen LogP contribution in [0.15, 0.2) is 83.3 Å². The molecule has 1 aromatic heterocycles. The highest BCUT2D eigenvalue weighted by molar-refractivity contribution is 6.17. The third-order valence-corrected chi connectivity index (χ3v) is 4.61. The van der Waals surface area contributed by atoms with Crippen molar-refractivity contribution in [3.8, 4) is 11.1 Å². The van der Waals surface area contributed by atoms with Crippen molar-refractivity contribution in [3.05, 3.63) is 78.9 Å². The van der Waals surface area contributed by atoms with Gasteiger partial charge in [-0.15, -0.1) is 0 Å². The van der Waals surface area contributed by atoms with Gasteiger partial charge >= 0.3 is 0 Å². The van der Waals surface area contributed by atoms with Crippen molar-refractivity contribution in [1.29, 1.82) is 0 Å². The molecule has 114 valence electrons. The zero-order valence-electron chi connectivity index (χ0n) is 13.0. The van der Waals surface area contributed by atoms with E-state index in [0.29, 0.717) is 0 Å². The summed E-state index contributed by atoms with van der Waals surface area (Å²) in [5, 5.41) is 4.64. The fraction of sp³-hybridized carbons (Fsp3) is 0. The minimum absolute atomic E-state index is 0.765.